The van der Waals surface area contributed by atoms with E-state index in [1.165, 1.54) is 24.1 Å². The number of ether oxygens (including phenoxy) is 1. The van der Waals surface area contributed by atoms with E-state index in [1.807, 2.05) is 4.31 Å². The summed E-state index contributed by atoms with van der Waals surface area (Å²) in [5.41, 5.74) is 3.16. The summed E-state index contributed by atoms with van der Waals surface area (Å²) >= 11 is 1.29. The fourth-order valence-corrected chi connectivity index (χ4v) is 4.24. The Bertz CT molecular complexity index is 812. The van der Waals surface area contributed by atoms with E-state index in [9.17, 15) is 8.78 Å². The Labute approximate surface area is 156 Å². The number of aryl methyl sites for hydroxylation is 1. The van der Waals surface area contributed by atoms with Crippen molar-refractivity contribution in [2.45, 2.75) is 11.8 Å². The van der Waals surface area contributed by atoms with Crippen LogP contribution in [0, 0.1) is 18.6 Å². The minimum atomic E-state index is -0.564. The molecule has 138 valence electrons. The lowest BCUT2D eigenvalue weighted by Crippen LogP contribution is -2.44. The molecule has 0 aliphatic carbocycles. The molecule has 0 saturated carbocycles. The van der Waals surface area contributed by atoms with E-state index < -0.39 is 11.6 Å². The van der Waals surface area contributed by atoms with Gasteiger partial charge < -0.3 is 19.3 Å². The first-order chi connectivity index (χ1) is 12.6. The van der Waals surface area contributed by atoms with Gasteiger partial charge in [0.15, 0.2) is 5.75 Å². The Morgan fingerprint density at radius 2 is 1.81 bits per heavy atom. The number of anilines is 2. The largest absolute Gasteiger partial charge is 0.487 e. The number of halogens is 2. The van der Waals surface area contributed by atoms with Crippen LogP contribution in [0.1, 0.15) is 5.56 Å². The zero-order valence-corrected chi connectivity index (χ0v) is 15.4. The summed E-state index contributed by atoms with van der Waals surface area (Å²) in [6.07, 6.45) is 0. The molecular formula is C19H21F2N3OS. The predicted molar refractivity (Wildman–Crippen MR) is 101 cm³/mol. The number of fused-ring (bicyclic) bond motifs is 1. The van der Waals surface area contributed by atoms with Crippen LogP contribution in [-0.4, -0.2) is 39.3 Å². The number of piperazine rings is 1. The summed E-state index contributed by atoms with van der Waals surface area (Å²) in [7, 11) is 0. The number of nitrogens with one attached hydrogen (secondary N) is 1. The van der Waals surface area contributed by atoms with E-state index in [1.54, 1.807) is 0 Å². The number of hydrogen-bond donors (Lipinski definition) is 1. The van der Waals surface area contributed by atoms with Gasteiger partial charge in [0.05, 0.1) is 22.8 Å². The normalized spacial score (nSPS) is 17.0. The standard InChI is InChI=1S/C19H21F2N3OS/c1-13-10-16(23-6-4-22-5-7-23)19-17(11-13)24(8-9-25-19)26-18-3-2-14(20)12-15(18)21/h2-3,10-12,22H,4-9H2,1H3. The molecule has 2 aliphatic rings. The van der Waals surface area contributed by atoms with Gasteiger partial charge in [-0.25, -0.2) is 8.78 Å². The first-order valence-electron chi connectivity index (χ1n) is 8.75. The Balaban J connectivity index is 1.68. The molecule has 1 N–H and O–H groups in total. The molecule has 0 amide bonds. The number of benzene rings is 2. The maximum atomic E-state index is 14.1. The van der Waals surface area contributed by atoms with Crippen LogP contribution in [0.15, 0.2) is 35.2 Å². The van der Waals surface area contributed by atoms with Gasteiger partial charge in [-0.2, -0.15) is 0 Å². The van der Waals surface area contributed by atoms with Crippen LogP contribution < -0.4 is 19.3 Å². The molecule has 1 saturated heterocycles. The fraction of sp³-hybridized carbons (Fsp3) is 0.368. The second-order valence-electron chi connectivity index (χ2n) is 6.49. The average Bonchev–Trinajstić information content (AvgIpc) is 2.64. The fourth-order valence-electron chi connectivity index (χ4n) is 3.32. The molecule has 0 atom stereocenters. The van der Waals surface area contributed by atoms with E-state index in [4.69, 9.17) is 4.74 Å². The molecule has 1 fully saturated rings. The molecule has 0 spiro atoms. The molecule has 4 nitrogen and oxygen atoms in total. The highest BCUT2D eigenvalue weighted by Crippen LogP contribution is 2.45. The lowest BCUT2D eigenvalue weighted by atomic mass is 10.1. The third-order valence-electron chi connectivity index (χ3n) is 4.56. The Morgan fingerprint density at radius 3 is 2.58 bits per heavy atom. The SMILES string of the molecule is Cc1cc(N2CCNCC2)c2c(c1)N(Sc1ccc(F)cc1F)CCO2. The predicted octanol–water partition coefficient (Wildman–Crippen LogP) is 3.59. The van der Waals surface area contributed by atoms with Gasteiger partial charge in [-0.1, -0.05) is 0 Å². The summed E-state index contributed by atoms with van der Waals surface area (Å²) in [6, 6.07) is 7.91. The van der Waals surface area contributed by atoms with Crippen LogP contribution in [0.5, 0.6) is 5.75 Å². The van der Waals surface area contributed by atoms with Crippen molar-refractivity contribution >= 4 is 23.3 Å². The lowest BCUT2D eigenvalue weighted by Gasteiger charge is -2.36. The molecule has 2 heterocycles. The van der Waals surface area contributed by atoms with Crippen molar-refractivity contribution in [2.75, 3.05) is 48.5 Å². The molecule has 7 heteroatoms. The van der Waals surface area contributed by atoms with Crippen LogP contribution in [-0.2, 0) is 0 Å². The van der Waals surface area contributed by atoms with Crippen molar-refractivity contribution in [2.24, 2.45) is 0 Å². The molecule has 0 bridgehead atoms. The first-order valence-corrected chi connectivity index (χ1v) is 9.53. The van der Waals surface area contributed by atoms with Crippen LogP contribution in [0.2, 0.25) is 0 Å². The second kappa shape index (κ2) is 7.32. The zero-order valence-electron chi connectivity index (χ0n) is 14.6. The molecule has 2 aliphatic heterocycles. The average molecular weight is 377 g/mol. The Morgan fingerprint density at radius 1 is 1.04 bits per heavy atom. The van der Waals surface area contributed by atoms with Crippen molar-refractivity contribution < 1.29 is 13.5 Å². The second-order valence-corrected chi connectivity index (χ2v) is 7.55. The Kier molecular flexibility index (Phi) is 4.91. The first kappa shape index (κ1) is 17.4. The van der Waals surface area contributed by atoms with E-state index in [0.29, 0.717) is 18.0 Å². The van der Waals surface area contributed by atoms with Gasteiger partial charge in [0.2, 0.25) is 0 Å². The lowest BCUT2D eigenvalue weighted by molar-refractivity contribution is 0.317. The molecule has 4 rings (SSSR count). The van der Waals surface area contributed by atoms with E-state index in [2.05, 4.69) is 29.3 Å². The van der Waals surface area contributed by atoms with E-state index >= 15 is 0 Å². The third-order valence-corrected chi connectivity index (χ3v) is 5.69. The topological polar surface area (TPSA) is 27.7 Å². The van der Waals surface area contributed by atoms with Gasteiger partial charge in [0.1, 0.15) is 18.2 Å². The highest BCUT2D eigenvalue weighted by atomic mass is 32.2. The molecule has 26 heavy (non-hydrogen) atoms. The summed E-state index contributed by atoms with van der Waals surface area (Å²) in [5.74, 6) is -0.261. The van der Waals surface area contributed by atoms with Gasteiger partial charge in [-0.05, 0) is 48.7 Å². The van der Waals surface area contributed by atoms with Crippen LogP contribution in [0.3, 0.4) is 0 Å². The molecular weight excluding hydrogens is 356 g/mol. The van der Waals surface area contributed by atoms with Gasteiger partial charge >= 0.3 is 0 Å². The van der Waals surface area contributed by atoms with Crippen LogP contribution >= 0.6 is 11.9 Å². The van der Waals surface area contributed by atoms with Crippen molar-refractivity contribution in [3.63, 3.8) is 0 Å². The molecule has 2 aromatic rings. The third kappa shape index (κ3) is 3.46. The van der Waals surface area contributed by atoms with Gasteiger partial charge in [0, 0.05) is 32.2 Å². The highest BCUT2D eigenvalue weighted by Gasteiger charge is 2.26. The van der Waals surface area contributed by atoms with Gasteiger partial charge in [0.25, 0.3) is 0 Å². The quantitative estimate of drug-likeness (QED) is 0.826. The van der Waals surface area contributed by atoms with Crippen molar-refractivity contribution in [3.8, 4) is 5.75 Å². The summed E-state index contributed by atoms with van der Waals surface area (Å²) < 4.78 is 35.3. The minimum absolute atomic E-state index is 0.407. The number of hydrogen-bond acceptors (Lipinski definition) is 5. The van der Waals surface area contributed by atoms with Crippen molar-refractivity contribution in [1.29, 1.82) is 0 Å². The summed E-state index contributed by atoms with van der Waals surface area (Å²) in [5, 5.41) is 3.36. The van der Waals surface area contributed by atoms with Crippen LogP contribution in [0.25, 0.3) is 0 Å². The highest BCUT2D eigenvalue weighted by molar-refractivity contribution is 8.00. The van der Waals surface area contributed by atoms with E-state index in [0.717, 1.165) is 54.9 Å². The molecule has 0 radical (unpaired) electrons. The van der Waals surface area contributed by atoms with Crippen LogP contribution in [0.4, 0.5) is 20.2 Å². The monoisotopic (exact) mass is 377 g/mol. The maximum absolute atomic E-state index is 14.1. The smallest absolute Gasteiger partial charge is 0.166 e. The van der Waals surface area contributed by atoms with Crippen molar-refractivity contribution in [3.05, 3.63) is 47.5 Å². The van der Waals surface area contributed by atoms with Gasteiger partial charge in [-0.15, -0.1) is 0 Å². The van der Waals surface area contributed by atoms with Crippen molar-refractivity contribution in [1.82, 2.24) is 5.32 Å². The molecule has 0 aromatic heterocycles. The molecule has 2 aromatic carbocycles. The maximum Gasteiger partial charge on any atom is 0.166 e. The zero-order chi connectivity index (χ0) is 18.1. The summed E-state index contributed by atoms with van der Waals surface area (Å²) in [6.45, 7) is 6.98. The summed E-state index contributed by atoms with van der Waals surface area (Å²) in [4.78, 5) is 2.74. The Hall–Kier alpha value is -1.99. The minimum Gasteiger partial charge on any atom is -0.487 e. The number of nitrogens with zero attached hydrogens (tertiary/aromatic N) is 2. The van der Waals surface area contributed by atoms with Gasteiger partial charge in [-0.3, -0.25) is 0 Å². The molecule has 0 unspecified atom stereocenters. The number of rotatable bonds is 3. The van der Waals surface area contributed by atoms with E-state index in [-0.39, 0.29) is 0 Å².